The van der Waals surface area contributed by atoms with Crippen LogP contribution in [0.3, 0.4) is 0 Å². The normalized spacial score (nSPS) is 21.1. The van der Waals surface area contributed by atoms with Crippen molar-refractivity contribution in [3.8, 4) is 11.1 Å². The van der Waals surface area contributed by atoms with Crippen molar-refractivity contribution in [3.05, 3.63) is 58.4 Å². The second-order valence-electron chi connectivity index (χ2n) is 7.22. The van der Waals surface area contributed by atoms with Crippen LogP contribution in [0.1, 0.15) is 55.2 Å². The highest BCUT2D eigenvalue weighted by Gasteiger charge is 2.23. The molecule has 0 unspecified atom stereocenters. The molecule has 2 aromatic carbocycles. The Morgan fingerprint density at radius 2 is 1.38 bits per heavy atom. The van der Waals surface area contributed by atoms with Crippen LogP contribution in [0, 0.1) is 37.2 Å². The first kappa shape index (κ1) is 17.1. The fraction of sp³-hybridized carbons (Fsp3) is 0.429. The van der Waals surface area contributed by atoms with Crippen LogP contribution in [0.25, 0.3) is 11.1 Å². The number of hydrogen-bond donors (Lipinski definition) is 0. The first-order chi connectivity index (χ1) is 11.4. The maximum Gasteiger partial charge on any atom is 0.134 e. The van der Waals surface area contributed by atoms with E-state index in [0.717, 1.165) is 31.2 Å². The summed E-state index contributed by atoms with van der Waals surface area (Å²) in [5.74, 6) is -0.740. The SMILES string of the molecule is Cc1cc(-c2c(F)cc(C3CCC(C)CC3)cc2F)cc(F)c1C. The summed E-state index contributed by atoms with van der Waals surface area (Å²) >= 11 is 0. The van der Waals surface area contributed by atoms with Gasteiger partial charge in [-0.25, -0.2) is 13.2 Å². The van der Waals surface area contributed by atoms with Gasteiger partial charge in [-0.05, 0) is 79.0 Å². The molecule has 1 fully saturated rings. The van der Waals surface area contributed by atoms with Crippen molar-refractivity contribution in [2.45, 2.75) is 52.4 Å². The highest BCUT2D eigenvalue weighted by Crippen LogP contribution is 2.38. The molecule has 0 saturated heterocycles. The molecule has 0 spiro atoms. The Balaban J connectivity index is 1.99. The number of halogens is 3. The first-order valence-corrected chi connectivity index (χ1v) is 8.63. The molecular formula is C21H23F3. The second-order valence-corrected chi connectivity index (χ2v) is 7.22. The van der Waals surface area contributed by atoms with E-state index in [1.54, 1.807) is 19.9 Å². The molecular weight excluding hydrogens is 309 g/mol. The number of rotatable bonds is 2. The zero-order chi connectivity index (χ0) is 17.4. The molecule has 0 aromatic heterocycles. The third kappa shape index (κ3) is 3.22. The predicted molar refractivity (Wildman–Crippen MR) is 91.6 cm³/mol. The first-order valence-electron chi connectivity index (χ1n) is 8.63. The Labute approximate surface area is 141 Å². The highest BCUT2D eigenvalue weighted by molar-refractivity contribution is 5.67. The standard InChI is InChI=1S/C21H23F3/c1-12-4-6-15(7-5-12)16-9-19(23)21(20(24)10-16)17-8-13(2)14(3)18(22)11-17/h8-12,15H,4-7H2,1-3H3. The molecule has 0 N–H and O–H groups in total. The summed E-state index contributed by atoms with van der Waals surface area (Å²) in [5, 5.41) is 0. The van der Waals surface area contributed by atoms with Gasteiger partial charge in [-0.2, -0.15) is 0 Å². The minimum Gasteiger partial charge on any atom is -0.207 e. The lowest BCUT2D eigenvalue weighted by Crippen LogP contribution is -2.11. The van der Waals surface area contributed by atoms with Crippen LogP contribution >= 0.6 is 0 Å². The molecule has 1 aliphatic carbocycles. The van der Waals surface area contributed by atoms with E-state index in [2.05, 4.69) is 6.92 Å². The van der Waals surface area contributed by atoms with E-state index in [-0.39, 0.29) is 17.0 Å². The number of aryl methyl sites for hydroxylation is 1. The van der Waals surface area contributed by atoms with Gasteiger partial charge < -0.3 is 0 Å². The molecule has 0 bridgehead atoms. The molecule has 2 aromatic rings. The summed E-state index contributed by atoms with van der Waals surface area (Å²) in [5.41, 5.74) is 2.05. The van der Waals surface area contributed by atoms with Gasteiger partial charge in [0, 0.05) is 0 Å². The van der Waals surface area contributed by atoms with Gasteiger partial charge >= 0.3 is 0 Å². The highest BCUT2D eigenvalue weighted by atomic mass is 19.1. The number of hydrogen-bond acceptors (Lipinski definition) is 0. The molecule has 3 heteroatoms. The third-order valence-electron chi connectivity index (χ3n) is 5.44. The average molecular weight is 332 g/mol. The Bertz CT molecular complexity index is 710. The molecule has 3 rings (SSSR count). The minimum absolute atomic E-state index is 0.134. The minimum atomic E-state index is -0.605. The second kappa shape index (κ2) is 6.62. The van der Waals surface area contributed by atoms with E-state index < -0.39 is 17.5 Å². The zero-order valence-electron chi connectivity index (χ0n) is 14.4. The fourth-order valence-corrected chi connectivity index (χ4v) is 3.66. The van der Waals surface area contributed by atoms with Crippen LogP contribution in [0.4, 0.5) is 13.2 Å². The van der Waals surface area contributed by atoms with Gasteiger partial charge in [0.15, 0.2) is 0 Å². The molecule has 0 aliphatic heterocycles. The van der Waals surface area contributed by atoms with Crippen molar-refractivity contribution in [2.24, 2.45) is 5.92 Å². The lowest BCUT2D eigenvalue weighted by atomic mass is 9.79. The van der Waals surface area contributed by atoms with E-state index in [1.807, 2.05) is 0 Å². The summed E-state index contributed by atoms with van der Waals surface area (Å²) in [4.78, 5) is 0. The van der Waals surface area contributed by atoms with Gasteiger partial charge in [-0.3, -0.25) is 0 Å². The van der Waals surface area contributed by atoms with Crippen LogP contribution in [-0.4, -0.2) is 0 Å². The predicted octanol–water partition coefficient (Wildman–Crippen LogP) is 6.68. The van der Waals surface area contributed by atoms with Crippen molar-refractivity contribution in [1.29, 1.82) is 0 Å². The lowest BCUT2D eigenvalue weighted by molar-refractivity contribution is 0.346. The van der Waals surface area contributed by atoms with Gasteiger partial charge in [-0.15, -0.1) is 0 Å². The van der Waals surface area contributed by atoms with Crippen molar-refractivity contribution in [3.63, 3.8) is 0 Å². The largest absolute Gasteiger partial charge is 0.207 e. The van der Waals surface area contributed by atoms with Crippen molar-refractivity contribution in [1.82, 2.24) is 0 Å². The van der Waals surface area contributed by atoms with Gasteiger partial charge in [-0.1, -0.05) is 25.8 Å². The Hall–Kier alpha value is -1.77. The van der Waals surface area contributed by atoms with Crippen LogP contribution in [0.2, 0.25) is 0 Å². The van der Waals surface area contributed by atoms with Crippen LogP contribution < -0.4 is 0 Å². The molecule has 0 nitrogen and oxygen atoms in total. The van der Waals surface area contributed by atoms with E-state index in [1.165, 1.54) is 18.2 Å². The molecule has 24 heavy (non-hydrogen) atoms. The van der Waals surface area contributed by atoms with Crippen molar-refractivity contribution < 1.29 is 13.2 Å². The summed E-state index contributed by atoms with van der Waals surface area (Å²) in [6, 6.07) is 5.73. The van der Waals surface area contributed by atoms with Crippen LogP contribution in [0.15, 0.2) is 24.3 Å². The Kier molecular flexibility index (Phi) is 4.71. The molecule has 0 atom stereocenters. The topological polar surface area (TPSA) is 0 Å². The van der Waals surface area contributed by atoms with Gasteiger partial charge in [0.05, 0.1) is 5.56 Å². The molecule has 128 valence electrons. The molecule has 1 saturated carbocycles. The quantitative estimate of drug-likeness (QED) is 0.575. The molecule has 0 heterocycles. The zero-order valence-corrected chi connectivity index (χ0v) is 14.4. The Morgan fingerprint density at radius 1 is 0.792 bits per heavy atom. The van der Waals surface area contributed by atoms with Crippen molar-refractivity contribution >= 4 is 0 Å². The van der Waals surface area contributed by atoms with E-state index >= 15 is 0 Å². The lowest BCUT2D eigenvalue weighted by Gasteiger charge is -2.26. The maximum atomic E-state index is 14.6. The summed E-state index contributed by atoms with van der Waals surface area (Å²) in [7, 11) is 0. The smallest absolute Gasteiger partial charge is 0.134 e. The Morgan fingerprint density at radius 3 is 1.92 bits per heavy atom. The van der Waals surface area contributed by atoms with Gasteiger partial charge in [0.25, 0.3) is 0 Å². The van der Waals surface area contributed by atoms with Crippen LogP contribution in [0.5, 0.6) is 0 Å². The summed E-state index contributed by atoms with van der Waals surface area (Å²) < 4.78 is 43.2. The van der Waals surface area contributed by atoms with E-state index in [0.29, 0.717) is 17.0 Å². The van der Waals surface area contributed by atoms with Crippen LogP contribution in [-0.2, 0) is 0 Å². The van der Waals surface area contributed by atoms with Crippen molar-refractivity contribution in [2.75, 3.05) is 0 Å². The maximum absolute atomic E-state index is 14.6. The van der Waals surface area contributed by atoms with Gasteiger partial charge in [0.2, 0.25) is 0 Å². The average Bonchev–Trinajstić information content (AvgIpc) is 2.52. The molecule has 0 radical (unpaired) electrons. The fourth-order valence-electron chi connectivity index (χ4n) is 3.66. The van der Waals surface area contributed by atoms with E-state index in [9.17, 15) is 13.2 Å². The summed E-state index contributed by atoms with van der Waals surface area (Å²) in [6.45, 7) is 5.62. The van der Waals surface area contributed by atoms with Gasteiger partial charge in [0.1, 0.15) is 17.5 Å². The van der Waals surface area contributed by atoms with E-state index in [4.69, 9.17) is 0 Å². The molecule has 1 aliphatic rings. The summed E-state index contributed by atoms with van der Waals surface area (Å²) in [6.07, 6.45) is 4.13. The number of benzene rings is 2. The third-order valence-corrected chi connectivity index (χ3v) is 5.44. The monoisotopic (exact) mass is 332 g/mol. The molecule has 0 amide bonds.